The number of aromatic nitrogens is 6. The monoisotopic (exact) mass is 511 g/mol. The molecule has 12 nitrogen and oxygen atoms in total. The lowest BCUT2D eigenvalue weighted by Gasteiger charge is -2.27. The molecular weight excluding hydrogens is 478 g/mol. The van der Waals surface area contributed by atoms with Crippen LogP contribution in [0.25, 0.3) is 11.4 Å². The lowest BCUT2D eigenvalue weighted by Crippen LogP contribution is -2.29. The van der Waals surface area contributed by atoms with Crippen LogP contribution < -0.4 is 19.5 Å². The summed E-state index contributed by atoms with van der Waals surface area (Å²) >= 11 is 0. The van der Waals surface area contributed by atoms with Crippen molar-refractivity contribution in [3.8, 4) is 28.9 Å². The number of methoxy groups -OCH3 is 1. The Kier molecular flexibility index (Phi) is 8.36. The van der Waals surface area contributed by atoms with Gasteiger partial charge in [-0.25, -0.2) is 9.67 Å². The Hall–Kier alpha value is -3.96. The largest absolute Gasteiger partial charge is 0.489 e. The minimum atomic E-state index is -0.758. The van der Waals surface area contributed by atoms with E-state index in [4.69, 9.17) is 19.2 Å². The van der Waals surface area contributed by atoms with Gasteiger partial charge in [-0.1, -0.05) is 12.1 Å². The van der Waals surface area contributed by atoms with Crippen LogP contribution in [-0.4, -0.2) is 60.8 Å². The van der Waals surface area contributed by atoms with Crippen molar-refractivity contribution in [3.05, 3.63) is 29.6 Å². The van der Waals surface area contributed by atoms with E-state index in [1.165, 1.54) is 0 Å². The Bertz CT molecular complexity index is 1230. The third kappa shape index (κ3) is 6.43. The van der Waals surface area contributed by atoms with Crippen molar-refractivity contribution in [2.24, 2.45) is 13.0 Å². The van der Waals surface area contributed by atoms with E-state index >= 15 is 0 Å². The van der Waals surface area contributed by atoms with E-state index in [1.54, 1.807) is 17.9 Å². The summed E-state index contributed by atoms with van der Waals surface area (Å²) in [6.45, 7) is 4.78. The zero-order valence-electron chi connectivity index (χ0n) is 21.6. The number of nitrogens with zero attached hydrogens (tertiary/aromatic N) is 6. The first kappa shape index (κ1) is 26.1. The minimum absolute atomic E-state index is 0.133. The number of hydrogen-bond donors (Lipinski definition) is 2. The summed E-state index contributed by atoms with van der Waals surface area (Å²) in [7, 11) is 3.35. The molecular formula is C25H33N7O5. The molecule has 1 saturated carbocycles. The minimum Gasteiger partial charge on any atom is -0.489 e. The molecule has 0 radical (unpaired) electrons. The summed E-state index contributed by atoms with van der Waals surface area (Å²) in [6.07, 6.45) is 3.61. The molecule has 0 saturated heterocycles. The number of nitrogens with one attached hydrogen (secondary N) is 1. The molecule has 4 rings (SSSR count). The normalized spacial score (nSPS) is 17.3. The van der Waals surface area contributed by atoms with E-state index in [2.05, 4.69) is 25.6 Å². The first-order valence-electron chi connectivity index (χ1n) is 12.4. The molecule has 0 amide bonds. The van der Waals surface area contributed by atoms with E-state index < -0.39 is 5.97 Å². The third-order valence-corrected chi connectivity index (χ3v) is 6.25. The number of carboxylic acids is 1. The van der Waals surface area contributed by atoms with E-state index in [0.29, 0.717) is 66.5 Å². The maximum absolute atomic E-state index is 11.4. The fourth-order valence-electron chi connectivity index (χ4n) is 4.27. The predicted molar refractivity (Wildman–Crippen MR) is 135 cm³/mol. The number of anilines is 1. The highest BCUT2D eigenvalue weighted by molar-refractivity contribution is 5.70. The molecule has 2 N–H and O–H groups in total. The van der Waals surface area contributed by atoms with Gasteiger partial charge in [-0.3, -0.25) is 4.79 Å². The van der Waals surface area contributed by atoms with Gasteiger partial charge >= 0.3 is 5.97 Å². The number of hydrogen-bond acceptors (Lipinski definition) is 10. The fraction of sp³-hybridized carbons (Fsp3) is 0.520. The zero-order chi connectivity index (χ0) is 26.4. The highest BCUT2D eigenvalue weighted by atomic mass is 16.5. The number of pyridine rings is 1. The molecule has 1 aliphatic carbocycles. The summed E-state index contributed by atoms with van der Waals surface area (Å²) in [5.74, 6) is 0.716. The van der Waals surface area contributed by atoms with Crippen LogP contribution in [0.4, 0.5) is 5.95 Å². The van der Waals surface area contributed by atoms with Crippen molar-refractivity contribution < 1.29 is 24.1 Å². The number of ether oxygens (including phenoxy) is 3. The Morgan fingerprint density at radius 3 is 2.76 bits per heavy atom. The van der Waals surface area contributed by atoms with Crippen molar-refractivity contribution in [1.82, 2.24) is 29.9 Å². The van der Waals surface area contributed by atoms with Gasteiger partial charge in [0.1, 0.15) is 11.4 Å². The van der Waals surface area contributed by atoms with Crippen LogP contribution in [0.5, 0.6) is 17.5 Å². The molecule has 1 fully saturated rings. The molecule has 0 unspecified atom stereocenters. The van der Waals surface area contributed by atoms with Gasteiger partial charge in [-0.05, 0) is 51.2 Å². The van der Waals surface area contributed by atoms with Crippen LogP contribution in [0.15, 0.2) is 18.2 Å². The Morgan fingerprint density at radius 2 is 2.03 bits per heavy atom. The maximum Gasteiger partial charge on any atom is 0.306 e. The number of carbonyl (C=O) groups is 1. The average Bonchev–Trinajstić information content (AvgIpc) is 3.27. The second-order valence-electron chi connectivity index (χ2n) is 9.00. The molecule has 12 heteroatoms. The number of rotatable bonds is 11. The third-order valence-electron chi connectivity index (χ3n) is 6.25. The lowest BCUT2D eigenvalue weighted by molar-refractivity contribution is -0.143. The first-order chi connectivity index (χ1) is 17.9. The van der Waals surface area contributed by atoms with Gasteiger partial charge in [0.2, 0.25) is 17.7 Å². The van der Waals surface area contributed by atoms with Gasteiger partial charge in [0.15, 0.2) is 0 Å². The Labute approximate surface area is 215 Å². The first-order valence-corrected chi connectivity index (χ1v) is 12.4. The van der Waals surface area contributed by atoms with Crippen molar-refractivity contribution >= 4 is 11.9 Å². The van der Waals surface area contributed by atoms with Crippen molar-refractivity contribution in [2.75, 3.05) is 19.0 Å². The van der Waals surface area contributed by atoms with Crippen LogP contribution in [-0.2, 0) is 18.4 Å². The Morgan fingerprint density at radius 1 is 1.22 bits per heavy atom. The van der Waals surface area contributed by atoms with Crippen LogP contribution in [0.1, 0.15) is 50.4 Å². The molecule has 0 bridgehead atoms. The van der Waals surface area contributed by atoms with Gasteiger partial charge in [0, 0.05) is 7.05 Å². The van der Waals surface area contributed by atoms with Gasteiger partial charge in [0.05, 0.1) is 55.4 Å². The smallest absolute Gasteiger partial charge is 0.306 e. The molecule has 37 heavy (non-hydrogen) atoms. The van der Waals surface area contributed by atoms with Crippen LogP contribution in [0, 0.1) is 12.8 Å². The lowest BCUT2D eigenvalue weighted by atomic mass is 9.87. The molecule has 3 heterocycles. The molecule has 198 valence electrons. The molecule has 2 atom stereocenters. The second kappa shape index (κ2) is 11.8. The van der Waals surface area contributed by atoms with Gasteiger partial charge in [-0.2, -0.15) is 9.97 Å². The van der Waals surface area contributed by atoms with Gasteiger partial charge in [-0.15, -0.1) is 5.10 Å². The molecule has 0 aliphatic heterocycles. The molecule has 0 aromatic carbocycles. The SMILES string of the molecule is CCCOc1cc(OC)nc(NCc2c(-c3ccc(O[C@H]4CCC[C@H](C(=O)O)C4)c(C)n3)nnn2C)n1. The van der Waals surface area contributed by atoms with Gasteiger partial charge in [0.25, 0.3) is 0 Å². The average molecular weight is 512 g/mol. The predicted octanol–water partition coefficient (Wildman–Crippen LogP) is 3.41. The maximum atomic E-state index is 11.4. The number of carboxylic acid groups (broad SMARTS) is 1. The van der Waals surface area contributed by atoms with E-state index in [0.717, 1.165) is 25.0 Å². The van der Waals surface area contributed by atoms with Crippen molar-refractivity contribution in [1.29, 1.82) is 0 Å². The van der Waals surface area contributed by atoms with Crippen LogP contribution in [0.2, 0.25) is 0 Å². The van der Waals surface area contributed by atoms with Gasteiger partial charge < -0.3 is 24.6 Å². The summed E-state index contributed by atoms with van der Waals surface area (Å²) in [4.78, 5) is 24.8. The summed E-state index contributed by atoms with van der Waals surface area (Å²) < 4.78 is 18.7. The van der Waals surface area contributed by atoms with E-state index in [-0.39, 0.29) is 12.0 Å². The zero-order valence-corrected chi connectivity index (χ0v) is 21.6. The van der Waals surface area contributed by atoms with E-state index in [1.807, 2.05) is 33.0 Å². The number of aryl methyl sites for hydroxylation is 2. The van der Waals surface area contributed by atoms with Crippen LogP contribution in [0.3, 0.4) is 0 Å². The quantitative estimate of drug-likeness (QED) is 0.390. The standard InChI is InChI=1S/C25H33N7O5/c1-5-11-36-22-13-21(35-4)28-25(29-22)26-14-19-23(30-31-32(19)3)18-9-10-20(15(2)27-18)37-17-8-6-7-16(12-17)24(33)34/h9-10,13,16-17H,5-8,11-12,14H2,1-4H3,(H,33,34)(H,26,28,29)/t16-,17-/m0/s1. The second-order valence-corrected chi connectivity index (χ2v) is 9.00. The topological polar surface area (TPSA) is 146 Å². The van der Waals surface area contributed by atoms with E-state index in [9.17, 15) is 9.90 Å². The fourth-order valence-corrected chi connectivity index (χ4v) is 4.27. The molecule has 3 aromatic heterocycles. The van der Waals surface area contributed by atoms with Crippen molar-refractivity contribution in [2.45, 2.75) is 58.6 Å². The summed E-state index contributed by atoms with van der Waals surface area (Å²) in [5, 5.41) is 21.0. The number of aliphatic carboxylic acids is 1. The summed E-state index contributed by atoms with van der Waals surface area (Å²) in [6, 6.07) is 5.34. The molecule has 0 spiro atoms. The Balaban J connectivity index is 1.48. The highest BCUT2D eigenvalue weighted by Crippen LogP contribution is 2.30. The summed E-state index contributed by atoms with van der Waals surface area (Å²) in [5.41, 5.74) is 2.77. The molecule has 3 aromatic rings. The highest BCUT2D eigenvalue weighted by Gasteiger charge is 2.28. The molecule has 1 aliphatic rings. The van der Waals surface area contributed by atoms with Crippen molar-refractivity contribution in [3.63, 3.8) is 0 Å². The van der Waals surface area contributed by atoms with Crippen LogP contribution >= 0.6 is 0 Å².